The first-order chi connectivity index (χ1) is 13.4. The number of allylic oxidation sites excluding steroid dienone is 1. The monoisotopic (exact) mass is 410 g/mol. The Hall–Kier alpha value is -1.33. The second-order valence-electron chi connectivity index (χ2n) is 9.54. The molecule has 0 aromatic rings. The first-order valence-corrected chi connectivity index (χ1v) is 9.77. The Bertz CT molecular complexity index is 855. The van der Waals surface area contributed by atoms with Gasteiger partial charge in [-0.3, -0.25) is 0 Å². The summed E-state index contributed by atoms with van der Waals surface area (Å²) in [6, 6.07) is 0. The summed E-state index contributed by atoms with van der Waals surface area (Å²) < 4.78 is 11.2. The van der Waals surface area contributed by atoms with E-state index >= 15 is 0 Å². The number of ether oxygens (including phenoxy) is 2. The molecule has 29 heavy (non-hydrogen) atoms. The third-order valence-corrected chi connectivity index (χ3v) is 8.61. The SMILES string of the molecule is C=C1[C@@H](O)[C@]2(O)OC[C@]34[C@H]2[C@]2(C)[C@H](C[C@H]3OC(=O)[C@H](O)[C@@]14O)C(C)=C[C@H](O)[C@H]2O. The van der Waals surface area contributed by atoms with E-state index in [1.54, 1.807) is 13.8 Å². The molecule has 160 valence electrons. The molecule has 3 aliphatic carbocycles. The molecule has 1 spiro atoms. The van der Waals surface area contributed by atoms with Crippen LogP contribution in [0.1, 0.15) is 20.3 Å². The topological polar surface area (TPSA) is 157 Å². The first-order valence-electron chi connectivity index (χ1n) is 9.77. The quantitative estimate of drug-likeness (QED) is 0.196. The fraction of sp³-hybridized carbons (Fsp3) is 0.750. The predicted octanol–water partition coefficient (Wildman–Crippen LogP) is -2.04. The van der Waals surface area contributed by atoms with Gasteiger partial charge in [0.2, 0.25) is 5.79 Å². The van der Waals surface area contributed by atoms with E-state index in [1.807, 2.05) is 0 Å². The zero-order chi connectivity index (χ0) is 21.3. The van der Waals surface area contributed by atoms with Gasteiger partial charge in [0, 0.05) is 11.3 Å². The standard InChI is InChI=1S/C20H26O9/c1-7-4-10(21)13(23)17(3)9(7)5-11-18-6-28-20(27,16(17)18)12(22)8(2)19(18,26)14(24)15(25)29-11/h4,9-14,16,21-24,26-27H,2,5-6H2,1,3H3/t9-,10+,11-,12-,13-,14+,16-,17-,18-,19+,20+/m1/s1. The highest BCUT2D eigenvalue weighted by Gasteiger charge is 2.87. The van der Waals surface area contributed by atoms with Crippen molar-refractivity contribution in [3.8, 4) is 0 Å². The summed E-state index contributed by atoms with van der Waals surface area (Å²) in [5, 5.41) is 66.3. The van der Waals surface area contributed by atoms with E-state index in [9.17, 15) is 35.4 Å². The number of aliphatic hydroxyl groups excluding tert-OH is 4. The van der Waals surface area contributed by atoms with Crippen LogP contribution in [-0.2, 0) is 14.3 Å². The van der Waals surface area contributed by atoms with Crippen molar-refractivity contribution in [2.75, 3.05) is 6.61 Å². The van der Waals surface area contributed by atoms with E-state index in [0.717, 1.165) is 5.57 Å². The van der Waals surface area contributed by atoms with Crippen LogP contribution in [-0.4, -0.2) is 85.1 Å². The van der Waals surface area contributed by atoms with Crippen molar-refractivity contribution in [2.24, 2.45) is 22.7 Å². The zero-order valence-electron chi connectivity index (χ0n) is 16.1. The normalized spacial score (nSPS) is 60.8. The molecule has 6 N–H and O–H groups in total. The largest absolute Gasteiger partial charge is 0.460 e. The summed E-state index contributed by atoms with van der Waals surface area (Å²) >= 11 is 0. The lowest BCUT2D eigenvalue weighted by Gasteiger charge is -2.69. The number of rotatable bonds is 0. The van der Waals surface area contributed by atoms with E-state index in [2.05, 4.69) is 6.58 Å². The van der Waals surface area contributed by atoms with Crippen molar-refractivity contribution >= 4 is 5.97 Å². The molecule has 0 aromatic carbocycles. The van der Waals surface area contributed by atoms with E-state index < -0.39 is 70.5 Å². The van der Waals surface area contributed by atoms with Gasteiger partial charge < -0.3 is 40.1 Å². The van der Waals surface area contributed by atoms with Gasteiger partial charge in [0.25, 0.3) is 0 Å². The van der Waals surface area contributed by atoms with Crippen LogP contribution >= 0.6 is 0 Å². The van der Waals surface area contributed by atoms with Crippen LogP contribution in [0.15, 0.2) is 23.8 Å². The first kappa shape index (κ1) is 19.6. The smallest absolute Gasteiger partial charge is 0.338 e. The Labute approximate surface area is 166 Å². The van der Waals surface area contributed by atoms with Gasteiger partial charge in [-0.2, -0.15) is 0 Å². The molecule has 4 fully saturated rings. The molecular weight excluding hydrogens is 384 g/mol. The molecule has 2 heterocycles. The number of hydrogen-bond donors (Lipinski definition) is 6. The number of aliphatic hydroxyl groups is 6. The molecule has 11 atom stereocenters. The van der Waals surface area contributed by atoms with Crippen molar-refractivity contribution in [2.45, 2.75) is 62.2 Å². The Morgan fingerprint density at radius 1 is 1.17 bits per heavy atom. The third kappa shape index (κ3) is 1.74. The molecule has 9 heteroatoms. The van der Waals surface area contributed by atoms with Crippen LogP contribution in [0.3, 0.4) is 0 Å². The van der Waals surface area contributed by atoms with Crippen molar-refractivity contribution in [1.29, 1.82) is 0 Å². The van der Waals surface area contributed by atoms with Crippen LogP contribution < -0.4 is 0 Å². The summed E-state index contributed by atoms with van der Waals surface area (Å²) in [6.45, 7) is 6.79. The van der Waals surface area contributed by atoms with Gasteiger partial charge in [-0.25, -0.2) is 4.79 Å². The maximum absolute atomic E-state index is 12.4. The second-order valence-corrected chi connectivity index (χ2v) is 9.54. The molecule has 0 unspecified atom stereocenters. The molecular formula is C20H26O9. The average Bonchev–Trinajstić information content (AvgIpc) is 2.98. The van der Waals surface area contributed by atoms with Gasteiger partial charge >= 0.3 is 5.97 Å². The minimum absolute atomic E-state index is 0.183. The molecule has 2 bridgehead atoms. The zero-order valence-corrected chi connectivity index (χ0v) is 16.1. The Morgan fingerprint density at radius 2 is 1.83 bits per heavy atom. The van der Waals surface area contributed by atoms with E-state index in [-0.39, 0.29) is 18.6 Å². The molecule has 0 aromatic heterocycles. The van der Waals surface area contributed by atoms with Gasteiger partial charge in [0.05, 0.1) is 24.2 Å². The summed E-state index contributed by atoms with van der Waals surface area (Å²) in [5.41, 5.74) is -4.77. The Balaban J connectivity index is 1.84. The maximum Gasteiger partial charge on any atom is 0.338 e. The minimum atomic E-state index is -2.34. The van der Waals surface area contributed by atoms with Gasteiger partial charge in [-0.1, -0.05) is 25.2 Å². The molecule has 2 aliphatic heterocycles. The predicted molar refractivity (Wildman–Crippen MR) is 94.8 cm³/mol. The number of fused-ring (bicyclic) bond motifs is 1. The number of carbonyl (C=O) groups is 1. The minimum Gasteiger partial charge on any atom is -0.460 e. The number of hydrogen-bond acceptors (Lipinski definition) is 9. The van der Waals surface area contributed by atoms with Crippen molar-refractivity contribution < 1.29 is 44.9 Å². The lowest BCUT2D eigenvalue weighted by molar-refractivity contribution is -0.343. The Morgan fingerprint density at radius 3 is 2.48 bits per heavy atom. The van der Waals surface area contributed by atoms with Crippen LogP contribution in [0.25, 0.3) is 0 Å². The summed E-state index contributed by atoms with van der Waals surface area (Å²) in [4.78, 5) is 12.4. The summed E-state index contributed by atoms with van der Waals surface area (Å²) in [7, 11) is 0. The number of esters is 1. The van der Waals surface area contributed by atoms with E-state index in [4.69, 9.17) is 9.47 Å². The van der Waals surface area contributed by atoms with Crippen LogP contribution in [0, 0.1) is 22.7 Å². The van der Waals surface area contributed by atoms with Gasteiger partial charge in [0.1, 0.15) is 17.8 Å². The number of carbonyl (C=O) groups excluding carboxylic acids is 1. The highest BCUT2D eigenvalue weighted by Crippen LogP contribution is 2.74. The highest BCUT2D eigenvalue weighted by molar-refractivity contribution is 5.79. The second kappa shape index (κ2) is 5.28. The molecule has 5 rings (SSSR count). The van der Waals surface area contributed by atoms with Crippen LogP contribution in [0.2, 0.25) is 0 Å². The van der Waals surface area contributed by atoms with Crippen molar-refractivity contribution in [3.05, 3.63) is 23.8 Å². The summed E-state index contributed by atoms with van der Waals surface area (Å²) in [6.07, 6.45) is -5.73. The van der Waals surface area contributed by atoms with E-state index in [0.29, 0.717) is 0 Å². The van der Waals surface area contributed by atoms with Crippen LogP contribution in [0.5, 0.6) is 0 Å². The van der Waals surface area contributed by atoms with Gasteiger partial charge in [0.15, 0.2) is 6.10 Å². The maximum atomic E-state index is 12.4. The molecule has 0 radical (unpaired) electrons. The fourth-order valence-corrected chi connectivity index (χ4v) is 7.36. The lowest BCUT2D eigenvalue weighted by Crippen LogP contribution is -2.83. The average molecular weight is 410 g/mol. The fourth-order valence-electron chi connectivity index (χ4n) is 7.36. The third-order valence-electron chi connectivity index (χ3n) is 8.61. The molecule has 5 aliphatic rings. The molecule has 9 nitrogen and oxygen atoms in total. The molecule has 0 amide bonds. The van der Waals surface area contributed by atoms with E-state index in [1.165, 1.54) is 6.08 Å². The van der Waals surface area contributed by atoms with Gasteiger partial charge in [-0.05, 0) is 24.8 Å². The summed E-state index contributed by atoms with van der Waals surface area (Å²) in [5.74, 6) is -4.92. The van der Waals surface area contributed by atoms with Crippen molar-refractivity contribution in [3.63, 3.8) is 0 Å². The molecule has 2 saturated carbocycles. The molecule has 2 saturated heterocycles. The van der Waals surface area contributed by atoms with Crippen molar-refractivity contribution in [1.82, 2.24) is 0 Å². The highest BCUT2D eigenvalue weighted by atomic mass is 16.7. The van der Waals surface area contributed by atoms with Crippen LogP contribution in [0.4, 0.5) is 0 Å². The lowest BCUT2D eigenvalue weighted by atomic mass is 9.37. The Kier molecular flexibility index (Phi) is 3.58. The van der Waals surface area contributed by atoms with Gasteiger partial charge in [-0.15, -0.1) is 0 Å².